The van der Waals surface area contributed by atoms with E-state index in [9.17, 15) is 4.79 Å². The van der Waals surface area contributed by atoms with E-state index < -0.39 is 0 Å². The molecule has 1 N–H and O–H groups in total. The maximum Gasteiger partial charge on any atom is 0.254 e. The lowest BCUT2D eigenvalue weighted by molar-refractivity contribution is 0.0936. The summed E-state index contributed by atoms with van der Waals surface area (Å²) >= 11 is 0. The molecule has 18 heavy (non-hydrogen) atoms. The van der Waals surface area contributed by atoms with Crippen LogP contribution in [-0.4, -0.2) is 22.2 Å². The number of aromatic nitrogens is 2. The molecule has 1 amide bonds. The summed E-state index contributed by atoms with van der Waals surface area (Å²) in [5.41, 5.74) is 1.45. The number of aryl methyl sites for hydroxylation is 2. The number of hydrogen-bond donors (Lipinski definition) is 1. The summed E-state index contributed by atoms with van der Waals surface area (Å²) < 4.78 is 1.67. The second-order valence-corrected chi connectivity index (χ2v) is 5.66. The van der Waals surface area contributed by atoms with Gasteiger partial charge in [0.1, 0.15) is 0 Å². The van der Waals surface area contributed by atoms with E-state index in [1.807, 2.05) is 14.0 Å². The molecule has 0 aromatic carbocycles. The van der Waals surface area contributed by atoms with Crippen LogP contribution in [0, 0.1) is 24.7 Å². The van der Waals surface area contributed by atoms with Gasteiger partial charge >= 0.3 is 0 Å². The van der Waals surface area contributed by atoms with E-state index in [1.54, 1.807) is 10.9 Å². The van der Waals surface area contributed by atoms with E-state index in [4.69, 9.17) is 0 Å². The number of rotatable bonds is 5. The fraction of sp³-hybridized carbons (Fsp3) is 0.714. The third-order valence-electron chi connectivity index (χ3n) is 3.47. The summed E-state index contributed by atoms with van der Waals surface area (Å²) in [7, 11) is 1.83. The van der Waals surface area contributed by atoms with Crippen LogP contribution < -0.4 is 5.32 Å². The quantitative estimate of drug-likeness (QED) is 0.873. The van der Waals surface area contributed by atoms with E-state index in [0.29, 0.717) is 23.3 Å². The Bertz CT molecular complexity index is 399. The summed E-state index contributed by atoms with van der Waals surface area (Å²) in [6, 6.07) is 0. The Morgan fingerprint density at radius 3 is 2.28 bits per heavy atom. The number of nitrogens with zero attached hydrogens (tertiary/aromatic N) is 2. The molecule has 0 radical (unpaired) electrons. The minimum atomic E-state index is -0.0214. The Hall–Kier alpha value is -1.32. The molecule has 1 rings (SSSR count). The van der Waals surface area contributed by atoms with Gasteiger partial charge in [0.2, 0.25) is 0 Å². The Labute approximate surface area is 110 Å². The van der Waals surface area contributed by atoms with E-state index in [0.717, 1.165) is 12.2 Å². The fourth-order valence-corrected chi connectivity index (χ4v) is 2.37. The molecule has 0 unspecified atom stereocenters. The van der Waals surface area contributed by atoms with Crippen molar-refractivity contribution in [3.8, 4) is 0 Å². The molecule has 0 saturated carbocycles. The standard InChI is InChI=1S/C14H25N3O/c1-9(2)12(10(3)4)7-15-14(18)13-8-17(6)16-11(13)5/h8-10,12H,7H2,1-6H3,(H,15,18). The maximum atomic E-state index is 12.1. The Kier molecular flexibility index (Phi) is 4.93. The molecule has 1 aromatic heterocycles. The van der Waals surface area contributed by atoms with Crippen LogP contribution in [0.1, 0.15) is 43.7 Å². The molecule has 0 aliphatic carbocycles. The average molecular weight is 251 g/mol. The van der Waals surface area contributed by atoms with Gasteiger partial charge in [0, 0.05) is 19.8 Å². The fourth-order valence-electron chi connectivity index (χ4n) is 2.37. The minimum absolute atomic E-state index is 0.0214. The monoisotopic (exact) mass is 251 g/mol. The minimum Gasteiger partial charge on any atom is -0.352 e. The highest BCUT2D eigenvalue weighted by Gasteiger charge is 2.19. The van der Waals surface area contributed by atoms with Gasteiger partial charge in [0.25, 0.3) is 5.91 Å². The molecule has 4 nitrogen and oxygen atoms in total. The zero-order valence-corrected chi connectivity index (χ0v) is 12.3. The van der Waals surface area contributed by atoms with Gasteiger partial charge in [0.15, 0.2) is 0 Å². The predicted molar refractivity (Wildman–Crippen MR) is 73.4 cm³/mol. The summed E-state index contributed by atoms with van der Waals surface area (Å²) in [6.07, 6.45) is 1.77. The molecular formula is C14H25N3O. The van der Waals surface area contributed by atoms with Gasteiger partial charge in [-0.2, -0.15) is 5.10 Å². The number of hydrogen-bond acceptors (Lipinski definition) is 2. The molecule has 0 aliphatic heterocycles. The van der Waals surface area contributed by atoms with Gasteiger partial charge in [-0.15, -0.1) is 0 Å². The zero-order chi connectivity index (χ0) is 13.9. The van der Waals surface area contributed by atoms with Crippen molar-refractivity contribution in [2.24, 2.45) is 24.8 Å². The molecule has 0 bridgehead atoms. The molecule has 0 atom stereocenters. The maximum absolute atomic E-state index is 12.1. The topological polar surface area (TPSA) is 46.9 Å². The summed E-state index contributed by atoms with van der Waals surface area (Å²) in [4.78, 5) is 12.1. The lowest BCUT2D eigenvalue weighted by Gasteiger charge is -2.24. The van der Waals surface area contributed by atoms with Gasteiger partial charge in [-0.1, -0.05) is 27.7 Å². The van der Waals surface area contributed by atoms with E-state index >= 15 is 0 Å². The van der Waals surface area contributed by atoms with Crippen LogP contribution in [0.25, 0.3) is 0 Å². The van der Waals surface area contributed by atoms with Crippen molar-refractivity contribution in [1.29, 1.82) is 0 Å². The smallest absolute Gasteiger partial charge is 0.254 e. The van der Waals surface area contributed by atoms with Gasteiger partial charge in [-0.25, -0.2) is 0 Å². The van der Waals surface area contributed by atoms with Crippen LogP contribution in [0.3, 0.4) is 0 Å². The van der Waals surface area contributed by atoms with Crippen molar-refractivity contribution in [3.63, 3.8) is 0 Å². The molecule has 102 valence electrons. The molecule has 0 fully saturated rings. The number of carbonyl (C=O) groups excluding carboxylic acids is 1. The first-order chi connectivity index (χ1) is 8.32. The second kappa shape index (κ2) is 6.03. The predicted octanol–water partition coefficient (Wildman–Crippen LogP) is 2.39. The largest absolute Gasteiger partial charge is 0.352 e. The highest BCUT2D eigenvalue weighted by Crippen LogP contribution is 2.19. The number of carbonyl (C=O) groups is 1. The second-order valence-electron chi connectivity index (χ2n) is 5.66. The third-order valence-corrected chi connectivity index (χ3v) is 3.47. The van der Waals surface area contributed by atoms with Crippen LogP contribution in [0.15, 0.2) is 6.20 Å². The third kappa shape index (κ3) is 3.59. The van der Waals surface area contributed by atoms with Crippen molar-refractivity contribution < 1.29 is 4.79 Å². The summed E-state index contributed by atoms with van der Waals surface area (Å²) in [5, 5.41) is 7.21. The summed E-state index contributed by atoms with van der Waals surface area (Å²) in [6.45, 7) is 11.4. The van der Waals surface area contributed by atoms with Gasteiger partial charge in [-0.05, 0) is 24.7 Å². The van der Waals surface area contributed by atoms with Crippen LogP contribution in [-0.2, 0) is 7.05 Å². The first kappa shape index (κ1) is 14.7. The first-order valence-electron chi connectivity index (χ1n) is 6.61. The number of nitrogens with one attached hydrogen (secondary N) is 1. The van der Waals surface area contributed by atoms with Crippen LogP contribution in [0.4, 0.5) is 0 Å². The lowest BCUT2D eigenvalue weighted by Crippen LogP contribution is -2.34. The van der Waals surface area contributed by atoms with Crippen molar-refractivity contribution in [3.05, 3.63) is 17.5 Å². The molecule has 1 heterocycles. The SMILES string of the molecule is Cc1nn(C)cc1C(=O)NCC(C(C)C)C(C)C. The van der Waals surface area contributed by atoms with E-state index in [2.05, 4.69) is 38.1 Å². The van der Waals surface area contributed by atoms with Gasteiger partial charge in [-0.3, -0.25) is 9.48 Å². The zero-order valence-electron chi connectivity index (χ0n) is 12.3. The van der Waals surface area contributed by atoms with Crippen molar-refractivity contribution in [2.75, 3.05) is 6.54 Å². The highest BCUT2D eigenvalue weighted by atomic mass is 16.1. The normalized spacial score (nSPS) is 11.6. The van der Waals surface area contributed by atoms with Gasteiger partial charge in [0.05, 0.1) is 11.3 Å². The van der Waals surface area contributed by atoms with Crippen molar-refractivity contribution in [2.45, 2.75) is 34.6 Å². The number of amides is 1. The Morgan fingerprint density at radius 2 is 1.89 bits per heavy atom. The molecule has 0 saturated heterocycles. The highest BCUT2D eigenvalue weighted by molar-refractivity contribution is 5.94. The molecule has 0 spiro atoms. The lowest BCUT2D eigenvalue weighted by atomic mass is 9.85. The molecular weight excluding hydrogens is 226 g/mol. The van der Waals surface area contributed by atoms with Crippen molar-refractivity contribution in [1.82, 2.24) is 15.1 Å². The summed E-state index contributed by atoms with van der Waals surface area (Å²) in [5.74, 6) is 1.62. The molecule has 1 aromatic rings. The molecule has 0 aliphatic rings. The van der Waals surface area contributed by atoms with Crippen LogP contribution >= 0.6 is 0 Å². The van der Waals surface area contributed by atoms with E-state index in [-0.39, 0.29) is 5.91 Å². The van der Waals surface area contributed by atoms with Crippen molar-refractivity contribution >= 4 is 5.91 Å². The Morgan fingerprint density at radius 1 is 1.33 bits per heavy atom. The van der Waals surface area contributed by atoms with E-state index in [1.165, 1.54) is 0 Å². The van der Waals surface area contributed by atoms with Gasteiger partial charge < -0.3 is 5.32 Å². The van der Waals surface area contributed by atoms with Crippen LogP contribution in [0.5, 0.6) is 0 Å². The van der Waals surface area contributed by atoms with Crippen LogP contribution in [0.2, 0.25) is 0 Å². The first-order valence-corrected chi connectivity index (χ1v) is 6.61. The molecule has 4 heteroatoms. The average Bonchev–Trinajstić information content (AvgIpc) is 2.56. The Balaban J connectivity index is 2.63.